The van der Waals surface area contributed by atoms with Crippen LogP contribution in [0.25, 0.3) is 0 Å². The minimum absolute atomic E-state index is 0.00502. The molecule has 0 spiro atoms. The average Bonchev–Trinajstić information content (AvgIpc) is 2.83. The Hall–Kier alpha value is -3.56. The topological polar surface area (TPSA) is 90.5 Å². The quantitative estimate of drug-likeness (QED) is 0.537. The first-order valence-electron chi connectivity index (χ1n) is 11.6. The first kappa shape index (κ1) is 24.6. The second-order valence-electron chi connectivity index (χ2n) is 8.97. The summed E-state index contributed by atoms with van der Waals surface area (Å²) < 4.78 is 38.6. The zero-order chi connectivity index (χ0) is 25.0. The maximum Gasteiger partial charge on any atom is 0.391 e. The molecule has 0 atom stereocenters. The molecule has 2 heterocycles. The summed E-state index contributed by atoms with van der Waals surface area (Å²) in [4.78, 5) is 37.1. The molecule has 0 saturated carbocycles. The van der Waals surface area contributed by atoms with E-state index >= 15 is 0 Å². The van der Waals surface area contributed by atoms with Crippen LogP contribution in [0, 0.1) is 11.8 Å². The number of halogens is 3. The molecule has 2 aliphatic rings. The number of benzene rings is 2. The van der Waals surface area contributed by atoms with E-state index in [2.05, 4.69) is 16.0 Å². The number of carbonyl (C=O) groups is 3. The van der Waals surface area contributed by atoms with Gasteiger partial charge in [-0.15, -0.1) is 0 Å². The van der Waals surface area contributed by atoms with Crippen LogP contribution >= 0.6 is 0 Å². The molecule has 2 saturated heterocycles. The Morgan fingerprint density at radius 2 is 1.46 bits per heavy atom. The number of piperidine rings is 2. The molecule has 3 amide bonds. The maximum atomic E-state index is 12.9. The molecule has 0 unspecified atom stereocenters. The van der Waals surface area contributed by atoms with Crippen LogP contribution in [0.3, 0.4) is 0 Å². The van der Waals surface area contributed by atoms with Crippen molar-refractivity contribution in [3.8, 4) is 0 Å². The molecule has 0 bridgehead atoms. The van der Waals surface area contributed by atoms with Crippen molar-refractivity contribution < 1.29 is 27.6 Å². The van der Waals surface area contributed by atoms with E-state index in [0.29, 0.717) is 13.1 Å². The molecule has 3 N–H and O–H groups in total. The lowest BCUT2D eigenvalue weighted by atomic mass is 9.96. The average molecular weight is 489 g/mol. The van der Waals surface area contributed by atoms with Crippen LogP contribution in [0.15, 0.2) is 48.5 Å². The standard InChI is InChI=1S/C25H27F3N4O3/c26-25(27,28)18-9-11-32(12-10-18)21-7-5-20(6-8-21)30-19-3-1-16(2-4-19)15-29-24(35)17-13-22(33)31-23(34)14-17/h1-8,17-18,30H,9-15H2,(H,29,35)(H,31,33,34). The normalized spacial score (nSPS) is 17.7. The Kier molecular flexibility index (Phi) is 7.28. The SMILES string of the molecule is O=C1CC(C(=O)NCc2ccc(Nc3ccc(N4CCC(C(F)(F)F)CC4)cc3)cc2)CC(=O)N1. The van der Waals surface area contributed by atoms with E-state index in [-0.39, 0.29) is 38.1 Å². The van der Waals surface area contributed by atoms with Gasteiger partial charge in [-0.1, -0.05) is 12.1 Å². The fourth-order valence-electron chi connectivity index (χ4n) is 4.39. The molecule has 2 fully saturated rings. The van der Waals surface area contributed by atoms with Gasteiger partial charge in [0, 0.05) is 49.5 Å². The number of amides is 3. The van der Waals surface area contributed by atoms with E-state index in [4.69, 9.17) is 0 Å². The number of anilines is 3. The largest absolute Gasteiger partial charge is 0.391 e. The van der Waals surface area contributed by atoms with Gasteiger partial charge in [-0.2, -0.15) is 13.2 Å². The summed E-state index contributed by atoms with van der Waals surface area (Å²) in [5.74, 6) is -3.05. The number of hydrogen-bond donors (Lipinski definition) is 3. The van der Waals surface area contributed by atoms with E-state index < -0.39 is 29.8 Å². The van der Waals surface area contributed by atoms with E-state index in [1.165, 1.54) is 0 Å². The third-order valence-corrected chi connectivity index (χ3v) is 6.41. The summed E-state index contributed by atoms with van der Waals surface area (Å²) in [6, 6.07) is 15.0. The van der Waals surface area contributed by atoms with E-state index in [1.807, 2.05) is 53.4 Å². The van der Waals surface area contributed by atoms with Crippen LogP contribution in [0.1, 0.15) is 31.2 Å². The Morgan fingerprint density at radius 1 is 0.914 bits per heavy atom. The highest BCUT2D eigenvalue weighted by atomic mass is 19.4. The summed E-state index contributed by atoms with van der Waals surface area (Å²) in [5, 5.41) is 8.23. The predicted octanol–water partition coefficient (Wildman–Crippen LogP) is 3.88. The number of alkyl halides is 3. The summed E-state index contributed by atoms with van der Waals surface area (Å²) in [6.07, 6.45) is -3.88. The van der Waals surface area contributed by atoms with Gasteiger partial charge in [0.2, 0.25) is 17.7 Å². The van der Waals surface area contributed by atoms with Gasteiger partial charge in [-0.05, 0) is 54.8 Å². The van der Waals surface area contributed by atoms with Crippen LogP contribution in [0.4, 0.5) is 30.2 Å². The summed E-state index contributed by atoms with van der Waals surface area (Å²) in [7, 11) is 0. The van der Waals surface area contributed by atoms with E-state index in [0.717, 1.165) is 22.6 Å². The molecule has 186 valence electrons. The van der Waals surface area contributed by atoms with Gasteiger partial charge in [-0.3, -0.25) is 19.7 Å². The number of rotatable bonds is 6. The molecular formula is C25H27F3N4O3. The lowest BCUT2D eigenvalue weighted by Crippen LogP contribution is -2.44. The highest BCUT2D eigenvalue weighted by Gasteiger charge is 2.41. The number of hydrogen-bond acceptors (Lipinski definition) is 5. The van der Waals surface area contributed by atoms with Crippen molar-refractivity contribution in [2.75, 3.05) is 23.3 Å². The second-order valence-corrected chi connectivity index (χ2v) is 8.97. The molecule has 10 heteroatoms. The third kappa shape index (κ3) is 6.52. The number of nitrogens with zero attached hydrogens (tertiary/aromatic N) is 1. The fourth-order valence-corrected chi connectivity index (χ4v) is 4.39. The van der Waals surface area contributed by atoms with E-state index in [9.17, 15) is 27.6 Å². The second kappa shape index (κ2) is 10.4. The Labute approximate surface area is 201 Å². The van der Waals surface area contributed by atoms with Crippen LogP contribution in [0.5, 0.6) is 0 Å². The molecule has 2 aromatic carbocycles. The zero-order valence-corrected chi connectivity index (χ0v) is 19.0. The van der Waals surface area contributed by atoms with E-state index in [1.54, 1.807) is 0 Å². The molecule has 4 rings (SSSR count). The molecule has 0 aliphatic carbocycles. The Balaban J connectivity index is 1.25. The highest BCUT2D eigenvalue weighted by molar-refractivity contribution is 6.02. The number of carbonyl (C=O) groups excluding carboxylic acids is 3. The van der Waals surface area contributed by atoms with Crippen LogP contribution in [0.2, 0.25) is 0 Å². The monoisotopic (exact) mass is 488 g/mol. The minimum atomic E-state index is -4.12. The van der Waals surface area contributed by atoms with Gasteiger partial charge in [0.1, 0.15) is 0 Å². The van der Waals surface area contributed by atoms with Crippen molar-refractivity contribution >= 4 is 34.8 Å². The predicted molar refractivity (Wildman–Crippen MR) is 125 cm³/mol. The van der Waals surface area contributed by atoms with Crippen molar-refractivity contribution in [2.45, 2.75) is 38.4 Å². The lowest BCUT2D eigenvalue weighted by Gasteiger charge is -2.34. The van der Waals surface area contributed by atoms with Crippen molar-refractivity contribution in [1.82, 2.24) is 10.6 Å². The summed E-state index contributed by atoms with van der Waals surface area (Å²) in [6.45, 7) is 1.06. The first-order valence-corrected chi connectivity index (χ1v) is 11.6. The van der Waals surface area contributed by atoms with Gasteiger partial charge >= 0.3 is 6.18 Å². The molecule has 0 aromatic heterocycles. The molecule has 2 aromatic rings. The van der Waals surface area contributed by atoms with Gasteiger partial charge < -0.3 is 15.5 Å². The Bertz CT molecular complexity index is 1050. The Morgan fingerprint density at radius 3 is 2.00 bits per heavy atom. The summed E-state index contributed by atoms with van der Waals surface area (Å²) >= 11 is 0. The highest BCUT2D eigenvalue weighted by Crippen LogP contribution is 2.35. The molecule has 0 radical (unpaired) electrons. The van der Waals surface area contributed by atoms with Crippen molar-refractivity contribution in [1.29, 1.82) is 0 Å². The lowest BCUT2D eigenvalue weighted by molar-refractivity contribution is -0.179. The van der Waals surface area contributed by atoms with Crippen molar-refractivity contribution in [3.05, 3.63) is 54.1 Å². The maximum absolute atomic E-state index is 12.9. The minimum Gasteiger partial charge on any atom is -0.372 e. The molecule has 7 nitrogen and oxygen atoms in total. The number of imide groups is 1. The fraction of sp³-hybridized carbons (Fsp3) is 0.400. The first-order chi connectivity index (χ1) is 16.7. The van der Waals surface area contributed by atoms with Crippen molar-refractivity contribution in [2.24, 2.45) is 11.8 Å². The van der Waals surface area contributed by atoms with Gasteiger partial charge in [0.15, 0.2) is 0 Å². The van der Waals surface area contributed by atoms with Gasteiger partial charge in [0.05, 0.1) is 11.8 Å². The molecular weight excluding hydrogens is 461 g/mol. The summed E-state index contributed by atoms with van der Waals surface area (Å²) in [5.41, 5.74) is 3.46. The van der Waals surface area contributed by atoms with Crippen molar-refractivity contribution in [3.63, 3.8) is 0 Å². The third-order valence-electron chi connectivity index (χ3n) is 6.41. The number of nitrogens with one attached hydrogen (secondary N) is 3. The van der Waals surface area contributed by atoms with Crippen LogP contribution in [-0.2, 0) is 20.9 Å². The molecule has 35 heavy (non-hydrogen) atoms. The zero-order valence-electron chi connectivity index (χ0n) is 19.0. The van der Waals surface area contributed by atoms with Crippen LogP contribution < -0.4 is 20.9 Å². The van der Waals surface area contributed by atoms with Gasteiger partial charge in [-0.25, -0.2) is 0 Å². The van der Waals surface area contributed by atoms with Crippen LogP contribution in [-0.4, -0.2) is 37.0 Å². The smallest absolute Gasteiger partial charge is 0.372 e. The van der Waals surface area contributed by atoms with Gasteiger partial charge in [0.25, 0.3) is 0 Å². The molecule has 2 aliphatic heterocycles.